The van der Waals surface area contributed by atoms with Crippen LogP contribution in [-0.4, -0.2) is 25.9 Å². The van der Waals surface area contributed by atoms with Gasteiger partial charge in [0.2, 0.25) is 5.91 Å². The van der Waals surface area contributed by atoms with Crippen LogP contribution in [0.15, 0.2) is 46.1 Å². The average molecular weight is 367 g/mol. The molecule has 0 unspecified atom stereocenters. The highest BCUT2D eigenvalue weighted by Gasteiger charge is 2.14. The van der Waals surface area contributed by atoms with Gasteiger partial charge < -0.3 is 10.6 Å². The summed E-state index contributed by atoms with van der Waals surface area (Å²) < 4.78 is 2.21. The number of pyridine rings is 1. The molecule has 0 aliphatic heterocycles. The Kier molecular flexibility index (Phi) is 4.59. The van der Waals surface area contributed by atoms with Crippen molar-refractivity contribution in [3.63, 3.8) is 0 Å². The molecule has 0 saturated heterocycles. The number of carbonyl (C=O) groups excluding carboxylic acids is 2. The van der Waals surface area contributed by atoms with Crippen LogP contribution in [0.5, 0.6) is 0 Å². The Labute approximate surface area is 153 Å². The first-order valence-electron chi connectivity index (χ1n) is 8.02. The molecule has 9 heteroatoms. The first-order valence-corrected chi connectivity index (χ1v) is 8.02. The second-order valence-electron chi connectivity index (χ2n) is 6.02. The van der Waals surface area contributed by atoms with E-state index in [2.05, 4.69) is 15.6 Å². The molecule has 3 aromatic rings. The predicted octanol–water partition coefficient (Wildman–Crippen LogP) is 0.843. The van der Waals surface area contributed by atoms with Crippen molar-refractivity contribution < 1.29 is 9.59 Å². The van der Waals surface area contributed by atoms with Gasteiger partial charge in [0, 0.05) is 38.6 Å². The van der Waals surface area contributed by atoms with Crippen LogP contribution in [-0.2, 0) is 18.9 Å². The molecule has 138 valence electrons. The molecule has 0 aliphatic carbocycles. The maximum Gasteiger partial charge on any atom is 0.332 e. The third-order valence-corrected chi connectivity index (χ3v) is 4.00. The molecular formula is C18H17N5O4. The van der Waals surface area contributed by atoms with Crippen LogP contribution in [0.2, 0.25) is 0 Å². The molecule has 0 bridgehead atoms. The quantitative estimate of drug-likeness (QED) is 0.712. The van der Waals surface area contributed by atoms with Crippen LogP contribution in [0.1, 0.15) is 17.3 Å². The third-order valence-electron chi connectivity index (χ3n) is 4.00. The zero-order chi connectivity index (χ0) is 19.7. The summed E-state index contributed by atoms with van der Waals surface area (Å²) in [5, 5.41) is 5.48. The Bertz CT molecular complexity index is 1190. The number of amides is 2. The van der Waals surface area contributed by atoms with Crippen molar-refractivity contribution in [1.29, 1.82) is 0 Å². The number of benzene rings is 1. The Morgan fingerprint density at radius 1 is 1.00 bits per heavy atom. The van der Waals surface area contributed by atoms with E-state index in [1.54, 1.807) is 24.3 Å². The molecule has 9 nitrogen and oxygen atoms in total. The van der Waals surface area contributed by atoms with Gasteiger partial charge in [0.25, 0.3) is 11.5 Å². The molecule has 3 rings (SSSR count). The number of anilines is 2. The lowest BCUT2D eigenvalue weighted by Gasteiger charge is -2.10. The monoisotopic (exact) mass is 367 g/mol. The molecule has 0 aliphatic rings. The number of rotatable bonds is 3. The number of aryl methyl sites for hydroxylation is 1. The lowest BCUT2D eigenvalue weighted by molar-refractivity contribution is -0.114. The standard InChI is InChI=1S/C18H17N5O4/c1-10(24)20-12-5-4-6-13(8-12)21-16(25)11-7-14-15(19-9-11)22(2)18(27)23(3)17(14)26/h4-9H,1-3H3,(H,20,24)(H,21,25). The Morgan fingerprint density at radius 2 is 1.67 bits per heavy atom. The van der Waals surface area contributed by atoms with E-state index in [4.69, 9.17) is 0 Å². The zero-order valence-electron chi connectivity index (χ0n) is 14.9. The molecule has 2 amide bonds. The van der Waals surface area contributed by atoms with E-state index in [1.165, 1.54) is 37.8 Å². The minimum absolute atomic E-state index is 0.166. The largest absolute Gasteiger partial charge is 0.332 e. The molecule has 2 heterocycles. The average Bonchev–Trinajstić information content (AvgIpc) is 2.64. The van der Waals surface area contributed by atoms with Gasteiger partial charge in [0.15, 0.2) is 0 Å². The molecule has 2 aromatic heterocycles. The number of nitrogens with zero attached hydrogens (tertiary/aromatic N) is 3. The summed E-state index contributed by atoms with van der Waals surface area (Å²) in [6.45, 7) is 1.39. The van der Waals surface area contributed by atoms with Gasteiger partial charge >= 0.3 is 5.69 Å². The van der Waals surface area contributed by atoms with Crippen molar-refractivity contribution >= 4 is 34.2 Å². The topological polar surface area (TPSA) is 115 Å². The van der Waals surface area contributed by atoms with E-state index in [0.717, 1.165) is 4.57 Å². The lowest BCUT2D eigenvalue weighted by atomic mass is 10.2. The summed E-state index contributed by atoms with van der Waals surface area (Å²) in [4.78, 5) is 52.0. The summed E-state index contributed by atoms with van der Waals surface area (Å²) in [6.07, 6.45) is 1.30. The summed E-state index contributed by atoms with van der Waals surface area (Å²) in [5.74, 6) is -0.695. The van der Waals surface area contributed by atoms with Crippen LogP contribution >= 0.6 is 0 Å². The highest BCUT2D eigenvalue weighted by atomic mass is 16.2. The van der Waals surface area contributed by atoms with Gasteiger partial charge in [-0.25, -0.2) is 9.78 Å². The van der Waals surface area contributed by atoms with E-state index >= 15 is 0 Å². The van der Waals surface area contributed by atoms with Crippen LogP contribution in [0, 0.1) is 0 Å². The SMILES string of the molecule is CC(=O)Nc1cccc(NC(=O)c2cnc3c(c2)c(=O)n(C)c(=O)n3C)c1. The molecule has 2 N–H and O–H groups in total. The molecule has 0 atom stereocenters. The highest BCUT2D eigenvalue weighted by Crippen LogP contribution is 2.16. The van der Waals surface area contributed by atoms with Crippen molar-refractivity contribution in [3.8, 4) is 0 Å². The van der Waals surface area contributed by atoms with Crippen LogP contribution in [0.3, 0.4) is 0 Å². The van der Waals surface area contributed by atoms with Crippen molar-refractivity contribution in [1.82, 2.24) is 14.1 Å². The fourth-order valence-electron chi connectivity index (χ4n) is 2.67. The molecule has 1 aromatic carbocycles. The van der Waals surface area contributed by atoms with Gasteiger partial charge in [-0.15, -0.1) is 0 Å². The fraction of sp³-hybridized carbons (Fsp3) is 0.167. The zero-order valence-corrected chi connectivity index (χ0v) is 14.9. The first kappa shape index (κ1) is 18.1. The van der Waals surface area contributed by atoms with Gasteiger partial charge in [0.1, 0.15) is 5.65 Å². The lowest BCUT2D eigenvalue weighted by Crippen LogP contribution is -2.37. The second-order valence-corrected chi connectivity index (χ2v) is 6.02. The summed E-state index contributed by atoms with van der Waals surface area (Å²) >= 11 is 0. The van der Waals surface area contributed by atoms with E-state index in [1.807, 2.05) is 0 Å². The van der Waals surface area contributed by atoms with Gasteiger partial charge in [-0.2, -0.15) is 0 Å². The minimum atomic E-state index is -0.525. The molecule has 0 saturated carbocycles. The van der Waals surface area contributed by atoms with Crippen LogP contribution in [0.25, 0.3) is 11.0 Å². The summed E-state index contributed by atoms with van der Waals surface area (Å²) in [6, 6.07) is 8.05. The number of fused-ring (bicyclic) bond motifs is 1. The molecule has 0 radical (unpaired) electrons. The molecule has 0 spiro atoms. The highest BCUT2D eigenvalue weighted by molar-refractivity contribution is 6.05. The number of carbonyl (C=O) groups is 2. The third kappa shape index (κ3) is 3.47. The van der Waals surface area contributed by atoms with Gasteiger partial charge in [-0.1, -0.05) is 6.07 Å². The number of aromatic nitrogens is 3. The Balaban J connectivity index is 1.96. The first-order chi connectivity index (χ1) is 12.8. The maximum absolute atomic E-state index is 12.5. The smallest absolute Gasteiger partial charge is 0.326 e. The van der Waals surface area contributed by atoms with E-state index < -0.39 is 17.2 Å². The molecule has 0 fully saturated rings. The van der Waals surface area contributed by atoms with Crippen LogP contribution in [0.4, 0.5) is 11.4 Å². The normalized spacial score (nSPS) is 10.6. The minimum Gasteiger partial charge on any atom is -0.326 e. The van der Waals surface area contributed by atoms with Crippen molar-refractivity contribution in [3.05, 3.63) is 62.9 Å². The summed E-state index contributed by atoms with van der Waals surface area (Å²) in [7, 11) is 2.87. The Hall–Kier alpha value is -3.75. The van der Waals surface area contributed by atoms with Crippen molar-refractivity contribution in [2.45, 2.75) is 6.92 Å². The van der Waals surface area contributed by atoms with E-state index in [0.29, 0.717) is 11.4 Å². The maximum atomic E-state index is 12.5. The van der Waals surface area contributed by atoms with Crippen LogP contribution < -0.4 is 21.9 Å². The fourth-order valence-corrected chi connectivity index (χ4v) is 2.67. The number of hydrogen-bond acceptors (Lipinski definition) is 5. The molecular weight excluding hydrogens is 350 g/mol. The number of nitrogens with one attached hydrogen (secondary N) is 2. The van der Waals surface area contributed by atoms with Gasteiger partial charge in [-0.05, 0) is 24.3 Å². The molecule has 27 heavy (non-hydrogen) atoms. The van der Waals surface area contributed by atoms with Crippen molar-refractivity contribution in [2.24, 2.45) is 14.1 Å². The van der Waals surface area contributed by atoms with Gasteiger partial charge in [-0.3, -0.25) is 23.5 Å². The summed E-state index contributed by atoms with van der Waals surface area (Å²) in [5.41, 5.74) is 0.367. The van der Waals surface area contributed by atoms with Crippen molar-refractivity contribution in [2.75, 3.05) is 10.6 Å². The number of hydrogen-bond donors (Lipinski definition) is 2. The van der Waals surface area contributed by atoms with E-state index in [9.17, 15) is 19.2 Å². The Morgan fingerprint density at radius 3 is 2.33 bits per heavy atom. The predicted molar refractivity (Wildman–Crippen MR) is 101 cm³/mol. The second kappa shape index (κ2) is 6.87. The van der Waals surface area contributed by atoms with E-state index in [-0.39, 0.29) is 22.5 Å². The van der Waals surface area contributed by atoms with Gasteiger partial charge in [0.05, 0.1) is 10.9 Å².